The van der Waals surface area contributed by atoms with Gasteiger partial charge in [-0.05, 0) is 31.0 Å². The summed E-state index contributed by atoms with van der Waals surface area (Å²) in [7, 11) is 3.19. The fraction of sp³-hybridized carbons (Fsp3) is 0.583. The molecule has 7 heteroatoms. The molecule has 0 amide bonds. The molecule has 1 aromatic carbocycles. The van der Waals surface area contributed by atoms with Crippen LogP contribution in [0.5, 0.6) is 0 Å². The molecule has 31 heavy (non-hydrogen) atoms. The number of carbonyl (C=O) groups is 2. The molecule has 3 heterocycles. The Kier molecular flexibility index (Phi) is 4.34. The number of hydrogen-bond donors (Lipinski definition) is 1. The van der Waals surface area contributed by atoms with Crippen molar-refractivity contribution >= 4 is 17.6 Å². The summed E-state index contributed by atoms with van der Waals surface area (Å²) in [6.45, 7) is 5.02. The summed E-state index contributed by atoms with van der Waals surface area (Å²) in [5, 5.41) is 12.4. The number of benzene rings is 1. The number of methoxy groups -OCH3 is 1. The van der Waals surface area contributed by atoms with Gasteiger partial charge in [0.05, 0.1) is 13.2 Å². The monoisotopic (exact) mass is 426 g/mol. The number of aliphatic hydroxyl groups is 1. The van der Waals surface area contributed by atoms with Crippen LogP contribution in [0, 0.1) is 5.41 Å². The van der Waals surface area contributed by atoms with E-state index in [1.54, 1.807) is 0 Å². The zero-order chi connectivity index (χ0) is 22.2. The minimum absolute atomic E-state index is 0.0135. The normalized spacial score (nSPS) is 40.2. The van der Waals surface area contributed by atoms with Crippen LogP contribution in [-0.2, 0) is 24.5 Å². The lowest BCUT2D eigenvalue weighted by Crippen LogP contribution is -2.81. The standard InChI is InChI=1S/C24H30N2O5/c1-5-22-11-8-13-26-14-12-23(18(22)26)16-9-6-7-10-17(16)25(3)19(23)24(29,21(28)30-4)20(22)31-15(2)27/h6-11,18-20,29H,5,12-14H2,1-4H3/t18-,19-,20+,22-,23+,24+/m0/s1. The molecule has 1 aliphatic carbocycles. The number of likely N-dealkylation sites (N-methyl/N-ethyl adjacent to an activating group) is 1. The van der Waals surface area contributed by atoms with E-state index >= 15 is 0 Å². The highest BCUT2D eigenvalue weighted by Gasteiger charge is 2.80. The Labute approximate surface area is 182 Å². The Balaban J connectivity index is 1.87. The quantitative estimate of drug-likeness (QED) is 0.581. The molecule has 1 spiro atoms. The van der Waals surface area contributed by atoms with Crippen molar-refractivity contribution in [1.29, 1.82) is 0 Å². The fourth-order valence-electron chi connectivity index (χ4n) is 7.53. The third-order valence-corrected chi connectivity index (χ3v) is 8.32. The van der Waals surface area contributed by atoms with Crippen LogP contribution in [0.15, 0.2) is 36.4 Å². The Morgan fingerprint density at radius 3 is 2.68 bits per heavy atom. The van der Waals surface area contributed by atoms with Crippen molar-refractivity contribution in [1.82, 2.24) is 4.90 Å². The molecule has 5 rings (SSSR count). The van der Waals surface area contributed by atoms with Crippen LogP contribution < -0.4 is 4.90 Å². The molecule has 0 radical (unpaired) electrons. The lowest BCUT2D eigenvalue weighted by molar-refractivity contribution is -0.228. The summed E-state index contributed by atoms with van der Waals surface area (Å²) in [6.07, 6.45) is 4.52. The molecule has 1 saturated heterocycles. The van der Waals surface area contributed by atoms with E-state index in [0.29, 0.717) is 6.42 Å². The molecular weight excluding hydrogens is 396 g/mol. The molecule has 1 aromatic rings. The molecule has 2 fully saturated rings. The van der Waals surface area contributed by atoms with E-state index in [4.69, 9.17) is 9.47 Å². The first-order valence-electron chi connectivity index (χ1n) is 11.0. The zero-order valence-electron chi connectivity index (χ0n) is 18.5. The molecule has 0 bridgehead atoms. The van der Waals surface area contributed by atoms with Crippen molar-refractivity contribution in [3.8, 4) is 0 Å². The van der Waals surface area contributed by atoms with Crippen molar-refractivity contribution in [2.24, 2.45) is 5.41 Å². The van der Waals surface area contributed by atoms with Gasteiger partial charge in [0.25, 0.3) is 0 Å². The topological polar surface area (TPSA) is 79.3 Å². The minimum Gasteiger partial charge on any atom is -0.467 e. The second-order valence-electron chi connectivity index (χ2n) is 9.39. The lowest BCUT2D eigenvalue weighted by Gasteiger charge is -2.63. The van der Waals surface area contributed by atoms with E-state index in [2.05, 4.69) is 23.1 Å². The van der Waals surface area contributed by atoms with Crippen molar-refractivity contribution in [3.05, 3.63) is 42.0 Å². The van der Waals surface area contributed by atoms with E-state index < -0.39 is 40.5 Å². The van der Waals surface area contributed by atoms with Crippen LogP contribution in [0.25, 0.3) is 0 Å². The predicted octanol–water partition coefficient (Wildman–Crippen LogP) is 1.63. The van der Waals surface area contributed by atoms with Gasteiger partial charge in [-0.3, -0.25) is 9.69 Å². The van der Waals surface area contributed by atoms with Gasteiger partial charge >= 0.3 is 11.9 Å². The lowest BCUT2D eigenvalue weighted by atomic mass is 9.47. The van der Waals surface area contributed by atoms with Crippen LogP contribution >= 0.6 is 0 Å². The summed E-state index contributed by atoms with van der Waals surface area (Å²) >= 11 is 0. The SMILES string of the molecule is CC[C@@]12C=CCN3CC[C@@]4(c5ccccc5N(C)[C@@H]4[C@](O)(C(=O)OC)[C@@H]1OC(C)=O)[C@@H]32. The number of rotatable bonds is 3. The Hall–Kier alpha value is -2.38. The molecule has 7 nitrogen and oxygen atoms in total. The maximum atomic E-state index is 13.4. The number of esters is 2. The van der Waals surface area contributed by atoms with Gasteiger partial charge in [-0.15, -0.1) is 0 Å². The van der Waals surface area contributed by atoms with Gasteiger partial charge in [0.15, 0.2) is 6.10 Å². The third kappa shape index (κ3) is 2.21. The van der Waals surface area contributed by atoms with E-state index in [9.17, 15) is 14.7 Å². The van der Waals surface area contributed by atoms with Gasteiger partial charge in [-0.2, -0.15) is 0 Å². The Morgan fingerprint density at radius 1 is 1.26 bits per heavy atom. The highest BCUT2D eigenvalue weighted by molar-refractivity contribution is 5.86. The highest BCUT2D eigenvalue weighted by Crippen LogP contribution is 2.67. The van der Waals surface area contributed by atoms with Crippen molar-refractivity contribution in [3.63, 3.8) is 0 Å². The summed E-state index contributed by atoms with van der Waals surface area (Å²) in [6, 6.07) is 7.53. The number of para-hydroxylation sites is 1. The van der Waals surface area contributed by atoms with Crippen molar-refractivity contribution in [2.75, 3.05) is 32.1 Å². The van der Waals surface area contributed by atoms with Gasteiger partial charge in [0.2, 0.25) is 5.60 Å². The predicted molar refractivity (Wildman–Crippen MR) is 115 cm³/mol. The second-order valence-corrected chi connectivity index (χ2v) is 9.39. The van der Waals surface area contributed by atoms with Gasteiger partial charge < -0.3 is 19.5 Å². The summed E-state index contributed by atoms with van der Waals surface area (Å²) in [4.78, 5) is 30.1. The van der Waals surface area contributed by atoms with E-state index in [0.717, 1.165) is 30.8 Å². The first-order valence-corrected chi connectivity index (χ1v) is 11.0. The van der Waals surface area contributed by atoms with Crippen LogP contribution in [0.4, 0.5) is 5.69 Å². The van der Waals surface area contributed by atoms with Crippen LogP contribution in [0.3, 0.4) is 0 Å². The zero-order valence-corrected chi connectivity index (χ0v) is 18.5. The first kappa shape index (κ1) is 20.5. The van der Waals surface area contributed by atoms with E-state index in [-0.39, 0.29) is 6.04 Å². The molecule has 6 atom stereocenters. The van der Waals surface area contributed by atoms with E-state index in [1.165, 1.54) is 14.0 Å². The molecule has 0 unspecified atom stereocenters. The number of anilines is 1. The number of nitrogens with zero attached hydrogens (tertiary/aromatic N) is 2. The Bertz CT molecular complexity index is 978. The van der Waals surface area contributed by atoms with Crippen LogP contribution in [0.1, 0.15) is 32.3 Å². The van der Waals surface area contributed by atoms with Gasteiger partial charge in [-0.1, -0.05) is 37.3 Å². The summed E-state index contributed by atoms with van der Waals surface area (Å²) in [5.41, 5.74) is -1.10. The van der Waals surface area contributed by atoms with Crippen molar-refractivity contribution in [2.45, 2.75) is 55.9 Å². The average Bonchev–Trinajstić information content (AvgIpc) is 3.28. The third-order valence-electron chi connectivity index (χ3n) is 8.32. The van der Waals surface area contributed by atoms with Crippen LogP contribution in [-0.4, -0.2) is 73.0 Å². The molecule has 1 N–H and O–H groups in total. The average molecular weight is 427 g/mol. The van der Waals surface area contributed by atoms with Gasteiger partial charge in [0, 0.05) is 43.1 Å². The molecular formula is C24H30N2O5. The van der Waals surface area contributed by atoms with E-state index in [1.807, 2.05) is 37.1 Å². The number of carbonyl (C=O) groups excluding carboxylic acids is 2. The smallest absolute Gasteiger partial charge is 0.344 e. The largest absolute Gasteiger partial charge is 0.467 e. The minimum atomic E-state index is -2.03. The van der Waals surface area contributed by atoms with Gasteiger partial charge in [0.1, 0.15) is 0 Å². The highest BCUT2D eigenvalue weighted by atomic mass is 16.6. The second kappa shape index (κ2) is 6.56. The maximum absolute atomic E-state index is 13.4. The number of fused-ring (bicyclic) bond motifs is 1. The summed E-state index contributed by atoms with van der Waals surface area (Å²) < 4.78 is 11.1. The molecule has 166 valence electrons. The number of hydrogen-bond acceptors (Lipinski definition) is 7. The number of ether oxygens (including phenoxy) is 2. The first-order chi connectivity index (χ1) is 14.8. The molecule has 4 aliphatic rings. The van der Waals surface area contributed by atoms with Crippen LogP contribution in [0.2, 0.25) is 0 Å². The fourth-order valence-corrected chi connectivity index (χ4v) is 7.53. The molecule has 1 saturated carbocycles. The molecule has 3 aliphatic heterocycles. The van der Waals surface area contributed by atoms with Gasteiger partial charge in [-0.25, -0.2) is 4.79 Å². The molecule has 0 aromatic heterocycles. The maximum Gasteiger partial charge on any atom is 0.344 e. The summed E-state index contributed by atoms with van der Waals surface area (Å²) in [5.74, 6) is -1.28. The van der Waals surface area contributed by atoms with Crippen molar-refractivity contribution < 1.29 is 24.2 Å². The Morgan fingerprint density at radius 2 is 2.00 bits per heavy atom.